The van der Waals surface area contributed by atoms with Crippen LogP contribution in [-0.2, 0) is 6.54 Å². The maximum absolute atomic E-state index is 9.78. The number of aromatic nitrogens is 2. The maximum atomic E-state index is 9.78. The monoisotopic (exact) mass is 222 g/mol. The number of nitriles is 1. The molecular weight excluding hydrogens is 204 g/mol. The topological polar surface area (TPSA) is 73.9 Å². The van der Waals surface area contributed by atoms with Crippen molar-refractivity contribution in [3.05, 3.63) is 18.2 Å². The van der Waals surface area contributed by atoms with Crippen molar-refractivity contribution >= 4 is 0 Å². The first-order chi connectivity index (χ1) is 7.42. The van der Waals surface area contributed by atoms with E-state index in [9.17, 15) is 5.11 Å². The van der Waals surface area contributed by atoms with E-state index in [-0.39, 0.29) is 5.54 Å². The summed E-state index contributed by atoms with van der Waals surface area (Å²) in [7, 11) is 0. The lowest BCUT2D eigenvalue weighted by molar-refractivity contribution is 0.141. The number of imidazole rings is 1. The lowest BCUT2D eigenvalue weighted by Crippen LogP contribution is -2.42. The van der Waals surface area contributed by atoms with Crippen LogP contribution in [0, 0.1) is 11.3 Å². The number of β-amino-alcohol motifs (C(OH)–C–C–N with tert-alkyl or cyclic N) is 1. The highest BCUT2D eigenvalue weighted by atomic mass is 16.3. The van der Waals surface area contributed by atoms with E-state index in [1.54, 1.807) is 17.0 Å². The van der Waals surface area contributed by atoms with Gasteiger partial charge in [0.2, 0.25) is 5.82 Å². The Morgan fingerprint density at radius 1 is 1.62 bits per heavy atom. The minimum absolute atomic E-state index is 0.0199. The third-order valence-corrected chi connectivity index (χ3v) is 2.09. The molecule has 88 valence electrons. The SMILES string of the molecule is CC(C)(C)NCC(O)Cn1ccnc1C#N. The molecule has 1 aromatic heterocycles. The molecule has 5 heteroatoms. The van der Waals surface area contributed by atoms with Gasteiger partial charge in [-0.05, 0) is 20.8 Å². The Morgan fingerprint density at radius 3 is 2.88 bits per heavy atom. The Kier molecular flexibility index (Phi) is 4.05. The molecule has 0 saturated carbocycles. The van der Waals surface area contributed by atoms with Gasteiger partial charge in [0.1, 0.15) is 6.07 Å². The molecule has 0 aliphatic carbocycles. The average Bonchev–Trinajstić information content (AvgIpc) is 2.61. The van der Waals surface area contributed by atoms with Crippen LogP contribution < -0.4 is 5.32 Å². The number of nitrogens with one attached hydrogen (secondary N) is 1. The van der Waals surface area contributed by atoms with Gasteiger partial charge in [-0.2, -0.15) is 5.26 Å². The normalized spacial score (nSPS) is 13.4. The minimum atomic E-state index is -0.527. The van der Waals surface area contributed by atoms with Crippen LogP contribution in [0.1, 0.15) is 26.6 Å². The first kappa shape index (κ1) is 12.7. The maximum Gasteiger partial charge on any atom is 0.212 e. The zero-order valence-electron chi connectivity index (χ0n) is 9.94. The molecule has 0 aliphatic heterocycles. The second kappa shape index (κ2) is 5.10. The largest absolute Gasteiger partial charge is 0.390 e. The van der Waals surface area contributed by atoms with Crippen molar-refractivity contribution in [3.63, 3.8) is 0 Å². The Hall–Kier alpha value is -1.38. The molecule has 0 bridgehead atoms. The van der Waals surface area contributed by atoms with E-state index < -0.39 is 6.10 Å². The van der Waals surface area contributed by atoms with Crippen LogP contribution in [0.3, 0.4) is 0 Å². The molecule has 1 aromatic rings. The van der Waals surface area contributed by atoms with Gasteiger partial charge in [-0.25, -0.2) is 4.98 Å². The summed E-state index contributed by atoms with van der Waals surface area (Å²) in [5.74, 6) is 0.329. The fraction of sp³-hybridized carbons (Fsp3) is 0.636. The van der Waals surface area contributed by atoms with E-state index in [4.69, 9.17) is 5.26 Å². The predicted octanol–water partition coefficient (Wildman–Crippen LogP) is 0.504. The lowest BCUT2D eigenvalue weighted by atomic mass is 10.1. The van der Waals surface area contributed by atoms with E-state index in [0.29, 0.717) is 18.9 Å². The number of aliphatic hydroxyl groups excluding tert-OH is 1. The van der Waals surface area contributed by atoms with Crippen molar-refractivity contribution in [2.24, 2.45) is 0 Å². The number of aliphatic hydroxyl groups is 1. The molecule has 5 nitrogen and oxygen atoms in total. The Morgan fingerprint density at radius 2 is 2.31 bits per heavy atom. The fourth-order valence-corrected chi connectivity index (χ4v) is 1.29. The van der Waals surface area contributed by atoms with Gasteiger partial charge in [-0.15, -0.1) is 0 Å². The van der Waals surface area contributed by atoms with Crippen LogP contribution >= 0.6 is 0 Å². The Labute approximate surface area is 95.7 Å². The first-order valence-electron chi connectivity index (χ1n) is 5.27. The summed E-state index contributed by atoms with van der Waals surface area (Å²) in [5.41, 5.74) is -0.0199. The molecule has 1 rings (SSSR count). The third-order valence-electron chi connectivity index (χ3n) is 2.09. The molecule has 1 heterocycles. The van der Waals surface area contributed by atoms with Crippen molar-refractivity contribution in [1.29, 1.82) is 5.26 Å². The smallest absolute Gasteiger partial charge is 0.212 e. The van der Waals surface area contributed by atoms with Crippen LogP contribution in [0.2, 0.25) is 0 Å². The van der Waals surface area contributed by atoms with Gasteiger partial charge in [-0.1, -0.05) is 0 Å². The highest BCUT2D eigenvalue weighted by molar-refractivity contribution is 5.11. The summed E-state index contributed by atoms with van der Waals surface area (Å²) in [6.45, 7) is 6.99. The number of hydrogen-bond acceptors (Lipinski definition) is 4. The van der Waals surface area contributed by atoms with Gasteiger partial charge < -0.3 is 15.0 Å². The fourth-order valence-electron chi connectivity index (χ4n) is 1.29. The van der Waals surface area contributed by atoms with Gasteiger partial charge in [-0.3, -0.25) is 0 Å². The van der Waals surface area contributed by atoms with E-state index in [0.717, 1.165) is 0 Å². The molecule has 0 fully saturated rings. The summed E-state index contributed by atoms with van der Waals surface area (Å²) < 4.78 is 1.65. The van der Waals surface area contributed by atoms with E-state index in [2.05, 4.69) is 10.3 Å². The van der Waals surface area contributed by atoms with Gasteiger partial charge in [0, 0.05) is 24.5 Å². The van der Waals surface area contributed by atoms with Gasteiger partial charge >= 0.3 is 0 Å². The van der Waals surface area contributed by atoms with Gasteiger partial charge in [0.25, 0.3) is 0 Å². The molecule has 1 atom stereocenters. The third kappa shape index (κ3) is 4.01. The summed E-state index contributed by atoms with van der Waals surface area (Å²) in [6.07, 6.45) is 2.72. The van der Waals surface area contributed by atoms with Crippen molar-refractivity contribution in [2.45, 2.75) is 39.0 Å². The molecule has 0 aromatic carbocycles. The van der Waals surface area contributed by atoms with Crippen molar-refractivity contribution in [3.8, 4) is 6.07 Å². The Balaban J connectivity index is 2.46. The van der Waals surface area contributed by atoms with Gasteiger partial charge in [0.15, 0.2) is 0 Å². The molecule has 0 saturated heterocycles. The number of nitrogens with zero attached hydrogens (tertiary/aromatic N) is 3. The van der Waals surface area contributed by atoms with Crippen LogP contribution in [-0.4, -0.2) is 32.8 Å². The number of rotatable bonds is 4. The highest BCUT2D eigenvalue weighted by Gasteiger charge is 2.13. The minimum Gasteiger partial charge on any atom is -0.390 e. The van der Waals surface area contributed by atoms with Crippen LogP contribution in [0.25, 0.3) is 0 Å². The lowest BCUT2D eigenvalue weighted by Gasteiger charge is -2.23. The molecule has 0 spiro atoms. The average molecular weight is 222 g/mol. The summed E-state index contributed by atoms with van der Waals surface area (Å²) >= 11 is 0. The molecule has 0 radical (unpaired) electrons. The quantitative estimate of drug-likeness (QED) is 0.778. The van der Waals surface area contributed by atoms with Crippen LogP contribution in [0.5, 0.6) is 0 Å². The second-order valence-electron chi connectivity index (χ2n) is 4.80. The molecular formula is C11H18N4O. The van der Waals surface area contributed by atoms with Crippen molar-refractivity contribution in [1.82, 2.24) is 14.9 Å². The standard InChI is InChI=1S/C11H18N4O/c1-11(2,3)14-7-9(16)8-15-5-4-13-10(15)6-12/h4-5,9,14,16H,7-8H2,1-3H3. The van der Waals surface area contributed by atoms with Crippen molar-refractivity contribution in [2.75, 3.05) is 6.54 Å². The summed E-state index contributed by atoms with van der Waals surface area (Å²) in [6, 6.07) is 1.97. The highest BCUT2D eigenvalue weighted by Crippen LogP contribution is 2.01. The van der Waals surface area contributed by atoms with E-state index in [1.165, 1.54) is 0 Å². The second-order valence-corrected chi connectivity index (χ2v) is 4.80. The molecule has 0 amide bonds. The van der Waals surface area contributed by atoms with Crippen LogP contribution in [0.4, 0.5) is 0 Å². The predicted molar refractivity (Wildman–Crippen MR) is 60.7 cm³/mol. The zero-order valence-corrected chi connectivity index (χ0v) is 9.94. The summed E-state index contributed by atoms with van der Waals surface area (Å²) in [5, 5.41) is 21.7. The van der Waals surface area contributed by atoms with Crippen molar-refractivity contribution < 1.29 is 5.11 Å². The zero-order chi connectivity index (χ0) is 12.2. The summed E-state index contributed by atoms with van der Waals surface area (Å²) in [4.78, 5) is 3.87. The Bertz CT molecular complexity index is 372. The molecule has 2 N–H and O–H groups in total. The first-order valence-corrected chi connectivity index (χ1v) is 5.27. The molecule has 16 heavy (non-hydrogen) atoms. The van der Waals surface area contributed by atoms with E-state index in [1.807, 2.05) is 26.8 Å². The molecule has 0 aliphatic rings. The number of hydrogen-bond donors (Lipinski definition) is 2. The van der Waals surface area contributed by atoms with Crippen LogP contribution in [0.15, 0.2) is 12.4 Å². The van der Waals surface area contributed by atoms with E-state index >= 15 is 0 Å². The van der Waals surface area contributed by atoms with Gasteiger partial charge in [0.05, 0.1) is 12.6 Å². The molecule has 1 unspecified atom stereocenters.